The van der Waals surface area contributed by atoms with E-state index in [1.807, 2.05) is 0 Å². The van der Waals surface area contributed by atoms with Gasteiger partial charge in [-0.1, -0.05) is 6.07 Å². The Balaban J connectivity index is 1.39. The highest BCUT2D eigenvalue weighted by Gasteiger charge is 2.57. The van der Waals surface area contributed by atoms with Crippen LogP contribution in [0.1, 0.15) is 31.4 Å². The largest absolute Gasteiger partial charge is 0.381 e. The fourth-order valence-electron chi connectivity index (χ4n) is 3.91. The van der Waals surface area contributed by atoms with Crippen molar-refractivity contribution in [3.63, 3.8) is 0 Å². The molecule has 2 unspecified atom stereocenters. The molecule has 0 amide bonds. The summed E-state index contributed by atoms with van der Waals surface area (Å²) in [5, 5.41) is 6.37. The molecule has 3 N–H and O–H groups in total. The second kappa shape index (κ2) is 5.90. The molecule has 130 valence electrons. The Kier molecular flexibility index (Phi) is 3.66. The van der Waals surface area contributed by atoms with E-state index < -0.39 is 0 Å². The molecule has 0 spiro atoms. The highest BCUT2D eigenvalue weighted by molar-refractivity contribution is 7.14. The van der Waals surface area contributed by atoms with Crippen LogP contribution in [0.3, 0.4) is 0 Å². The topological polar surface area (TPSA) is 73.1 Å². The van der Waals surface area contributed by atoms with E-state index in [-0.39, 0.29) is 5.41 Å². The van der Waals surface area contributed by atoms with E-state index in [1.54, 1.807) is 11.3 Å². The summed E-state index contributed by atoms with van der Waals surface area (Å²) in [7, 11) is 0. The number of nitrogens with one attached hydrogen (secondary N) is 1. The Hall–Kier alpha value is -1.76. The van der Waals surface area contributed by atoms with Crippen molar-refractivity contribution < 1.29 is 4.74 Å². The molecule has 2 aromatic rings. The lowest BCUT2D eigenvalue weighted by Gasteiger charge is -2.22. The predicted molar refractivity (Wildman–Crippen MR) is 99.5 cm³/mol. The van der Waals surface area contributed by atoms with Crippen LogP contribution in [0.5, 0.6) is 0 Å². The van der Waals surface area contributed by atoms with Crippen molar-refractivity contribution in [2.75, 3.05) is 25.1 Å². The van der Waals surface area contributed by atoms with E-state index in [0.29, 0.717) is 12.5 Å². The number of rotatable bonds is 5. The van der Waals surface area contributed by atoms with Crippen molar-refractivity contribution in [2.45, 2.75) is 31.1 Å². The quantitative estimate of drug-likeness (QED) is 0.862. The van der Waals surface area contributed by atoms with Crippen molar-refractivity contribution in [3.8, 4) is 11.4 Å². The van der Waals surface area contributed by atoms with Crippen molar-refractivity contribution in [1.82, 2.24) is 9.97 Å². The van der Waals surface area contributed by atoms with Crippen LogP contribution in [-0.4, -0.2) is 29.7 Å². The minimum absolute atomic E-state index is 0.258. The summed E-state index contributed by atoms with van der Waals surface area (Å²) in [5.41, 5.74) is 11.8. The Labute approximate surface area is 151 Å². The third kappa shape index (κ3) is 2.78. The molecule has 0 bridgehead atoms. The monoisotopic (exact) mass is 354 g/mol. The Morgan fingerprint density at radius 3 is 3.04 bits per heavy atom. The Bertz CT molecular complexity index is 839. The lowest BCUT2D eigenvalue weighted by molar-refractivity contribution is 0.0794. The van der Waals surface area contributed by atoms with Gasteiger partial charge in [0.15, 0.2) is 5.13 Å². The normalized spacial score (nSPS) is 26.9. The second-order valence-electron chi connectivity index (χ2n) is 7.24. The fraction of sp³-hybridized carbons (Fsp3) is 0.474. The molecular weight excluding hydrogens is 332 g/mol. The predicted octanol–water partition coefficient (Wildman–Crippen LogP) is 3.30. The Morgan fingerprint density at radius 2 is 2.24 bits per heavy atom. The first-order valence-electron chi connectivity index (χ1n) is 8.98. The van der Waals surface area contributed by atoms with Gasteiger partial charge in [0.1, 0.15) is 5.69 Å². The van der Waals surface area contributed by atoms with Crippen LogP contribution in [-0.2, 0) is 10.2 Å². The standard InChI is InChI=1S/C19H22N4OS/c20-9-15(12-4-5-12)22-18-23-16(11-25-18)14-2-1-3-17(21-14)19-6-7-24-10-13(19)8-19/h1-3,11,13H,4-10,20H2,(H,22,23). The first-order chi connectivity index (χ1) is 12.3. The average Bonchev–Trinajstić information content (AvgIpc) is 3.57. The number of pyridine rings is 1. The van der Waals surface area contributed by atoms with E-state index >= 15 is 0 Å². The molecule has 25 heavy (non-hydrogen) atoms. The Morgan fingerprint density at radius 1 is 1.32 bits per heavy atom. The summed E-state index contributed by atoms with van der Waals surface area (Å²) in [6.07, 6.45) is 4.62. The molecule has 2 saturated carbocycles. The zero-order valence-corrected chi connectivity index (χ0v) is 14.9. The smallest absolute Gasteiger partial charge is 0.187 e. The zero-order chi connectivity index (χ0) is 16.9. The molecule has 3 aliphatic rings. The SMILES string of the molecule is NCC(Nc1nc(-c2cccc(C34CCOCC3C4)n2)cs1)=C1CC1. The minimum Gasteiger partial charge on any atom is -0.381 e. The summed E-state index contributed by atoms with van der Waals surface area (Å²) >= 11 is 1.61. The van der Waals surface area contributed by atoms with Crippen molar-refractivity contribution in [1.29, 1.82) is 0 Å². The van der Waals surface area contributed by atoms with Gasteiger partial charge in [-0.3, -0.25) is 4.98 Å². The molecule has 1 saturated heterocycles. The summed E-state index contributed by atoms with van der Waals surface area (Å²) in [4.78, 5) is 9.70. The van der Waals surface area contributed by atoms with Crippen molar-refractivity contribution in [3.05, 3.63) is 40.5 Å². The van der Waals surface area contributed by atoms with Crippen LogP contribution < -0.4 is 11.1 Å². The number of thiazole rings is 1. The second-order valence-corrected chi connectivity index (χ2v) is 8.10. The van der Waals surface area contributed by atoms with Crippen LogP contribution in [0.25, 0.3) is 11.4 Å². The van der Waals surface area contributed by atoms with Gasteiger partial charge in [0, 0.05) is 35.3 Å². The lowest BCUT2D eigenvalue weighted by Crippen LogP contribution is -2.22. The van der Waals surface area contributed by atoms with Crippen LogP contribution in [0.4, 0.5) is 5.13 Å². The fourth-order valence-corrected chi connectivity index (χ4v) is 4.64. The number of nitrogens with zero attached hydrogens (tertiary/aromatic N) is 2. The molecule has 3 fully saturated rings. The number of fused-ring (bicyclic) bond motifs is 1. The number of aromatic nitrogens is 2. The van der Waals surface area contributed by atoms with Crippen LogP contribution in [0.2, 0.25) is 0 Å². The number of nitrogens with two attached hydrogens (primary N) is 1. The molecule has 1 aliphatic heterocycles. The van der Waals surface area contributed by atoms with Gasteiger partial charge in [-0.05, 0) is 49.3 Å². The number of ether oxygens (including phenoxy) is 1. The zero-order valence-electron chi connectivity index (χ0n) is 14.1. The van der Waals surface area contributed by atoms with Gasteiger partial charge in [-0.15, -0.1) is 11.3 Å². The average molecular weight is 354 g/mol. The van der Waals surface area contributed by atoms with Crippen molar-refractivity contribution >= 4 is 16.5 Å². The van der Waals surface area contributed by atoms with Gasteiger partial charge in [0.05, 0.1) is 12.3 Å². The van der Waals surface area contributed by atoms with Crippen molar-refractivity contribution in [2.24, 2.45) is 11.7 Å². The molecule has 2 atom stereocenters. The number of hydrogen-bond donors (Lipinski definition) is 2. The van der Waals surface area contributed by atoms with Gasteiger partial charge in [-0.2, -0.15) is 0 Å². The molecule has 2 aromatic heterocycles. The van der Waals surface area contributed by atoms with E-state index in [4.69, 9.17) is 20.4 Å². The maximum absolute atomic E-state index is 5.84. The maximum Gasteiger partial charge on any atom is 0.187 e. The maximum atomic E-state index is 5.84. The molecular formula is C19H22N4OS. The molecule has 0 aromatic carbocycles. The van der Waals surface area contributed by atoms with E-state index in [1.165, 1.54) is 17.7 Å². The third-order valence-electron chi connectivity index (χ3n) is 5.66. The highest BCUT2D eigenvalue weighted by atomic mass is 32.1. The third-order valence-corrected chi connectivity index (χ3v) is 6.42. The minimum atomic E-state index is 0.258. The van der Waals surface area contributed by atoms with Crippen LogP contribution >= 0.6 is 11.3 Å². The summed E-state index contributed by atoms with van der Waals surface area (Å²) in [6, 6.07) is 6.34. The molecule has 0 radical (unpaired) electrons. The molecule has 2 aliphatic carbocycles. The summed E-state index contributed by atoms with van der Waals surface area (Å²) < 4.78 is 5.60. The van der Waals surface area contributed by atoms with Gasteiger partial charge < -0.3 is 15.8 Å². The van der Waals surface area contributed by atoms with Gasteiger partial charge in [0.2, 0.25) is 0 Å². The lowest BCUT2D eigenvalue weighted by atomic mass is 9.93. The van der Waals surface area contributed by atoms with E-state index in [9.17, 15) is 0 Å². The summed E-state index contributed by atoms with van der Waals surface area (Å²) in [5.74, 6) is 0.647. The van der Waals surface area contributed by atoms with Crippen LogP contribution in [0.15, 0.2) is 34.8 Å². The highest BCUT2D eigenvalue weighted by Crippen LogP contribution is 2.58. The van der Waals surface area contributed by atoms with E-state index in [0.717, 1.165) is 54.7 Å². The first-order valence-corrected chi connectivity index (χ1v) is 9.86. The molecule has 6 heteroatoms. The number of hydrogen-bond acceptors (Lipinski definition) is 6. The molecule has 3 heterocycles. The van der Waals surface area contributed by atoms with Gasteiger partial charge in [0.25, 0.3) is 0 Å². The number of allylic oxidation sites excluding steroid dienone is 1. The number of anilines is 1. The molecule has 5 rings (SSSR count). The van der Waals surface area contributed by atoms with Gasteiger partial charge >= 0.3 is 0 Å². The van der Waals surface area contributed by atoms with Crippen LogP contribution in [0, 0.1) is 5.92 Å². The van der Waals surface area contributed by atoms with Gasteiger partial charge in [-0.25, -0.2) is 4.98 Å². The summed E-state index contributed by atoms with van der Waals surface area (Å²) in [6.45, 7) is 2.28. The first kappa shape index (κ1) is 15.5. The van der Waals surface area contributed by atoms with E-state index in [2.05, 4.69) is 28.9 Å². The molecule has 5 nitrogen and oxygen atoms in total.